The molecule has 0 amide bonds. The quantitative estimate of drug-likeness (QED) is 0.522. The molecule has 2 heteroatoms. The maximum Gasteiger partial charge on any atom is 0.0264 e. The fourth-order valence-electron chi connectivity index (χ4n) is 0.701. The first-order valence-corrected chi connectivity index (χ1v) is 4.03. The number of hydrogen-bond donors (Lipinski definition) is 1. The smallest absolute Gasteiger partial charge is 0.0264 e. The van der Waals surface area contributed by atoms with Crippen LogP contribution in [0.25, 0.3) is 0 Å². The van der Waals surface area contributed by atoms with E-state index in [4.69, 9.17) is 0 Å². The lowest BCUT2D eigenvalue weighted by molar-refractivity contribution is 0.483. The standard InChI is InChI=1S/C7H13NS/c1-6-4-5-7(2,3)8-9-6/h4,8H,5H2,1-3H3. The van der Waals surface area contributed by atoms with Gasteiger partial charge in [0.25, 0.3) is 0 Å². The van der Waals surface area contributed by atoms with Crippen LogP contribution in [-0.2, 0) is 0 Å². The zero-order chi connectivity index (χ0) is 6.91. The van der Waals surface area contributed by atoms with Gasteiger partial charge in [0, 0.05) is 5.54 Å². The summed E-state index contributed by atoms with van der Waals surface area (Å²) in [6.07, 6.45) is 3.42. The summed E-state index contributed by atoms with van der Waals surface area (Å²) < 4.78 is 3.36. The van der Waals surface area contributed by atoms with Crippen LogP contribution in [0.2, 0.25) is 0 Å². The molecule has 1 N–H and O–H groups in total. The zero-order valence-electron chi connectivity index (χ0n) is 6.19. The van der Waals surface area contributed by atoms with Gasteiger partial charge in [0.1, 0.15) is 0 Å². The molecule has 0 saturated heterocycles. The van der Waals surface area contributed by atoms with Crippen molar-refractivity contribution >= 4 is 11.9 Å². The van der Waals surface area contributed by atoms with Gasteiger partial charge in [0.05, 0.1) is 0 Å². The molecule has 9 heavy (non-hydrogen) atoms. The van der Waals surface area contributed by atoms with Crippen LogP contribution >= 0.6 is 11.9 Å². The molecule has 0 aromatic rings. The number of hydrogen-bond acceptors (Lipinski definition) is 2. The van der Waals surface area contributed by atoms with E-state index in [-0.39, 0.29) is 0 Å². The molecule has 1 aliphatic rings. The molecule has 0 bridgehead atoms. The van der Waals surface area contributed by atoms with Crippen molar-refractivity contribution in [3.63, 3.8) is 0 Å². The summed E-state index contributed by atoms with van der Waals surface area (Å²) >= 11 is 1.74. The monoisotopic (exact) mass is 143 g/mol. The summed E-state index contributed by atoms with van der Waals surface area (Å²) in [5.41, 5.74) is 0.296. The highest BCUT2D eigenvalue weighted by atomic mass is 32.2. The second-order valence-corrected chi connectivity index (χ2v) is 4.16. The van der Waals surface area contributed by atoms with Crippen molar-refractivity contribution in [3.8, 4) is 0 Å². The largest absolute Gasteiger partial charge is 0.254 e. The van der Waals surface area contributed by atoms with E-state index < -0.39 is 0 Å². The molecule has 0 aliphatic carbocycles. The maximum absolute atomic E-state index is 3.36. The summed E-state index contributed by atoms with van der Waals surface area (Å²) in [6, 6.07) is 0. The van der Waals surface area contributed by atoms with E-state index in [0.717, 1.165) is 6.42 Å². The van der Waals surface area contributed by atoms with E-state index >= 15 is 0 Å². The van der Waals surface area contributed by atoms with Crippen molar-refractivity contribution in [2.45, 2.75) is 32.7 Å². The molecule has 0 radical (unpaired) electrons. The average molecular weight is 143 g/mol. The van der Waals surface area contributed by atoms with E-state index in [2.05, 4.69) is 31.6 Å². The first-order chi connectivity index (χ1) is 4.10. The Hall–Kier alpha value is 0.0500. The van der Waals surface area contributed by atoms with Crippen LogP contribution in [0.3, 0.4) is 0 Å². The topological polar surface area (TPSA) is 12.0 Å². The molecular weight excluding hydrogens is 130 g/mol. The van der Waals surface area contributed by atoms with Crippen LogP contribution in [0.1, 0.15) is 27.2 Å². The molecule has 0 aromatic carbocycles. The Balaban J connectivity index is 2.56. The first-order valence-electron chi connectivity index (χ1n) is 3.21. The lowest BCUT2D eigenvalue weighted by atomic mass is 10.0. The van der Waals surface area contributed by atoms with Crippen molar-refractivity contribution in [1.82, 2.24) is 4.72 Å². The van der Waals surface area contributed by atoms with Crippen LogP contribution in [0.5, 0.6) is 0 Å². The predicted octanol–water partition coefficient (Wildman–Crippen LogP) is 2.31. The second-order valence-electron chi connectivity index (χ2n) is 3.11. The Morgan fingerprint density at radius 2 is 2.33 bits per heavy atom. The van der Waals surface area contributed by atoms with Crippen molar-refractivity contribution in [2.75, 3.05) is 0 Å². The average Bonchev–Trinajstić information content (AvgIpc) is 1.78. The molecule has 1 heterocycles. The minimum atomic E-state index is 0.296. The van der Waals surface area contributed by atoms with Crippen LogP contribution in [-0.4, -0.2) is 5.54 Å². The Kier molecular flexibility index (Phi) is 1.87. The van der Waals surface area contributed by atoms with Gasteiger partial charge in [0.2, 0.25) is 0 Å². The molecule has 1 nitrogen and oxygen atoms in total. The number of nitrogens with one attached hydrogen (secondary N) is 1. The van der Waals surface area contributed by atoms with Crippen molar-refractivity contribution in [3.05, 3.63) is 11.0 Å². The summed E-state index contributed by atoms with van der Waals surface area (Å²) in [5, 5.41) is 0. The van der Waals surface area contributed by atoms with Crippen LogP contribution < -0.4 is 4.72 Å². The summed E-state index contributed by atoms with van der Waals surface area (Å²) in [5.74, 6) is 0. The molecule has 0 unspecified atom stereocenters. The lowest BCUT2D eigenvalue weighted by Crippen LogP contribution is -2.35. The van der Waals surface area contributed by atoms with E-state index in [1.165, 1.54) is 4.91 Å². The molecule has 1 aliphatic heterocycles. The molecular formula is C7H13NS. The van der Waals surface area contributed by atoms with Gasteiger partial charge >= 0.3 is 0 Å². The summed E-state index contributed by atoms with van der Waals surface area (Å²) in [6.45, 7) is 6.55. The van der Waals surface area contributed by atoms with Gasteiger partial charge in [-0.2, -0.15) is 0 Å². The van der Waals surface area contributed by atoms with Crippen molar-refractivity contribution in [1.29, 1.82) is 0 Å². The van der Waals surface area contributed by atoms with Gasteiger partial charge in [-0.25, -0.2) is 0 Å². The highest BCUT2D eigenvalue weighted by Crippen LogP contribution is 2.25. The van der Waals surface area contributed by atoms with Crippen molar-refractivity contribution in [2.24, 2.45) is 0 Å². The van der Waals surface area contributed by atoms with Crippen LogP contribution in [0, 0.1) is 0 Å². The van der Waals surface area contributed by atoms with Gasteiger partial charge in [-0.3, -0.25) is 4.72 Å². The minimum absolute atomic E-state index is 0.296. The van der Waals surface area contributed by atoms with E-state index in [1.54, 1.807) is 11.9 Å². The third-order valence-corrected chi connectivity index (χ3v) is 2.53. The Bertz CT molecular complexity index is 138. The minimum Gasteiger partial charge on any atom is -0.254 e. The van der Waals surface area contributed by atoms with Gasteiger partial charge < -0.3 is 0 Å². The van der Waals surface area contributed by atoms with Gasteiger partial charge in [0.15, 0.2) is 0 Å². The maximum atomic E-state index is 3.36. The molecule has 0 atom stereocenters. The Morgan fingerprint density at radius 1 is 1.67 bits per heavy atom. The molecule has 1 rings (SSSR count). The lowest BCUT2D eigenvalue weighted by Gasteiger charge is -2.28. The highest BCUT2D eigenvalue weighted by molar-refractivity contribution is 8.01. The highest BCUT2D eigenvalue weighted by Gasteiger charge is 2.18. The Morgan fingerprint density at radius 3 is 2.67 bits per heavy atom. The van der Waals surface area contributed by atoms with E-state index in [1.807, 2.05) is 0 Å². The van der Waals surface area contributed by atoms with E-state index in [0.29, 0.717) is 5.54 Å². The number of rotatable bonds is 0. The SMILES string of the molecule is CC1=CCC(C)(C)NS1. The first kappa shape index (κ1) is 7.16. The third-order valence-electron chi connectivity index (χ3n) is 1.39. The third kappa shape index (κ3) is 2.03. The van der Waals surface area contributed by atoms with Crippen LogP contribution in [0.4, 0.5) is 0 Å². The normalized spacial score (nSPS) is 25.4. The number of allylic oxidation sites excluding steroid dienone is 1. The molecule has 0 aromatic heterocycles. The Labute approximate surface area is 61.0 Å². The molecule has 0 spiro atoms. The predicted molar refractivity (Wildman–Crippen MR) is 43.2 cm³/mol. The summed E-state index contributed by atoms with van der Waals surface area (Å²) in [4.78, 5) is 1.38. The molecule has 0 fully saturated rings. The fourth-order valence-corrected chi connectivity index (χ4v) is 1.39. The van der Waals surface area contributed by atoms with Crippen molar-refractivity contribution < 1.29 is 0 Å². The molecule has 0 saturated carbocycles. The van der Waals surface area contributed by atoms with Gasteiger partial charge in [-0.15, -0.1) is 0 Å². The van der Waals surface area contributed by atoms with Crippen LogP contribution in [0.15, 0.2) is 11.0 Å². The zero-order valence-corrected chi connectivity index (χ0v) is 7.01. The van der Waals surface area contributed by atoms with Gasteiger partial charge in [-0.1, -0.05) is 6.08 Å². The summed E-state index contributed by atoms with van der Waals surface area (Å²) in [7, 11) is 0. The molecule has 52 valence electrons. The fraction of sp³-hybridized carbons (Fsp3) is 0.714. The van der Waals surface area contributed by atoms with E-state index in [9.17, 15) is 0 Å². The second kappa shape index (κ2) is 2.35. The van der Waals surface area contributed by atoms with Gasteiger partial charge in [-0.05, 0) is 44.0 Å².